The standard InChI is InChI=1S/C11H13ClN2O4S/c1-7-4-8(7)6-13-19(17,18)11-5-9(14(15)16)2-3-10(11)12/h2-3,5,7-8,13H,4,6H2,1H3. The molecule has 1 aromatic rings. The van der Waals surface area contributed by atoms with Crippen LogP contribution in [0.25, 0.3) is 0 Å². The molecule has 1 N–H and O–H groups in total. The van der Waals surface area contributed by atoms with E-state index in [4.69, 9.17) is 11.6 Å². The lowest BCUT2D eigenvalue weighted by Gasteiger charge is -2.07. The minimum absolute atomic E-state index is 0.0260. The maximum Gasteiger partial charge on any atom is 0.270 e. The first kappa shape index (κ1) is 14.2. The highest BCUT2D eigenvalue weighted by molar-refractivity contribution is 7.89. The van der Waals surface area contributed by atoms with Gasteiger partial charge in [-0.2, -0.15) is 0 Å². The largest absolute Gasteiger partial charge is 0.270 e. The highest BCUT2D eigenvalue weighted by Crippen LogP contribution is 2.37. The molecular formula is C11H13ClN2O4S. The topological polar surface area (TPSA) is 89.3 Å². The molecule has 1 aliphatic rings. The van der Waals surface area contributed by atoms with Gasteiger partial charge in [-0.15, -0.1) is 0 Å². The fraction of sp³-hybridized carbons (Fsp3) is 0.455. The Balaban J connectivity index is 2.23. The lowest BCUT2D eigenvalue weighted by Crippen LogP contribution is -2.26. The highest BCUT2D eigenvalue weighted by atomic mass is 35.5. The number of sulfonamides is 1. The number of non-ortho nitro benzene ring substituents is 1. The Morgan fingerprint density at radius 1 is 1.53 bits per heavy atom. The third-order valence-electron chi connectivity index (χ3n) is 3.23. The molecule has 104 valence electrons. The van der Waals surface area contributed by atoms with Gasteiger partial charge in [0.2, 0.25) is 10.0 Å². The van der Waals surface area contributed by atoms with Gasteiger partial charge in [0.25, 0.3) is 5.69 Å². The zero-order valence-electron chi connectivity index (χ0n) is 10.2. The van der Waals surface area contributed by atoms with E-state index in [1.54, 1.807) is 0 Å². The molecule has 0 saturated heterocycles. The van der Waals surface area contributed by atoms with Crippen LogP contribution in [0.15, 0.2) is 23.1 Å². The number of nitro benzene ring substituents is 1. The van der Waals surface area contributed by atoms with Crippen molar-refractivity contribution >= 4 is 27.3 Å². The first-order valence-electron chi connectivity index (χ1n) is 5.75. The van der Waals surface area contributed by atoms with Crippen LogP contribution in [0.1, 0.15) is 13.3 Å². The number of hydrogen-bond donors (Lipinski definition) is 1. The maximum absolute atomic E-state index is 12.0. The van der Waals surface area contributed by atoms with E-state index < -0.39 is 14.9 Å². The van der Waals surface area contributed by atoms with Crippen LogP contribution in [-0.4, -0.2) is 19.9 Å². The van der Waals surface area contributed by atoms with E-state index in [0.717, 1.165) is 12.5 Å². The van der Waals surface area contributed by atoms with Crippen LogP contribution in [0.5, 0.6) is 0 Å². The molecule has 0 spiro atoms. The zero-order valence-corrected chi connectivity index (χ0v) is 11.7. The number of benzene rings is 1. The number of nitrogens with one attached hydrogen (secondary N) is 1. The number of hydrogen-bond acceptors (Lipinski definition) is 4. The van der Waals surface area contributed by atoms with E-state index in [0.29, 0.717) is 18.4 Å². The Hall–Kier alpha value is -1.18. The first-order chi connectivity index (χ1) is 8.81. The third-order valence-corrected chi connectivity index (χ3v) is 5.13. The molecule has 2 rings (SSSR count). The quantitative estimate of drug-likeness (QED) is 0.667. The lowest BCUT2D eigenvalue weighted by atomic mass is 10.3. The van der Waals surface area contributed by atoms with Gasteiger partial charge in [-0.3, -0.25) is 10.1 Å². The van der Waals surface area contributed by atoms with Crippen LogP contribution in [0, 0.1) is 22.0 Å². The lowest BCUT2D eigenvalue weighted by molar-refractivity contribution is -0.385. The van der Waals surface area contributed by atoms with Crippen LogP contribution in [0.3, 0.4) is 0 Å². The minimum Gasteiger partial charge on any atom is -0.258 e. The summed E-state index contributed by atoms with van der Waals surface area (Å²) in [5, 5.41) is 10.6. The van der Waals surface area contributed by atoms with E-state index in [2.05, 4.69) is 4.72 Å². The van der Waals surface area contributed by atoms with E-state index in [9.17, 15) is 18.5 Å². The monoisotopic (exact) mass is 304 g/mol. The van der Waals surface area contributed by atoms with Crippen LogP contribution >= 0.6 is 11.6 Å². The Labute approximate surface area is 116 Å². The Morgan fingerprint density at radius 2 is 2.16 bits per heavy atom. The molecule has 2 unspecified atom stereocenters. The van der Waals surface area contributed by atoms with Crippen LogP contribution in [0.2, 0.25) is 5.02 Å². The molecule has 6 nitrogen and oxygen atoms in total. The van der Waals surface area contributed by atoms with Crippen molar-refractivity contribution in [1.82, 2.24) is 4.72 Å². The van der Waals surface area contributed by atoms with Gasteiger partial charge in [0.1, 0.15) is 4.90 Å². The van der Waals surface area contributed by atoms with Crippen LogP contribution in [-0.2, 0) is 10.0 Å². The van der Waals surface area contributed by atoms with E-state index in [1.165, 1.54) is 12.1 Å². The summed E-state index contributed by atoms with van der Waals surface area (Å²) in [5.74, 6) is 0.857. The summed E-state index contributed by atoms with van der Waals surface area (Å²) < 4.78 is 26.5. The Kier molecular flexibility index (Phi) is 3.80. The molecule has 1 fully saturated rings. The fourth-order valence-electron chi connectivity index (χ4n) is 1.79. The minimum atomic E-state index is -3.81. The molecule has 8 heteroatoms. The highest BCUT2D eigenvalue weighted by Gasteiger charge is 2.33. The summed E-state index contributed by atoms with van der Waals surface area (Å²) in [5.41, 5.74) is -0.301. The van der Waals surface area contributed by atoms with Crippen LogP contribution in [0.4, 0.5) is 5.69 Å². The van der Waals surface area contributed by atoms with Gasteiger partial charge in [-0.05, 0) is 24.3 Å². The van der Waals surface area contributed by atoms with Gasteiger partial charge in [0, 0.05) is 18.7 Å². The SMILES string of the molecule is CC1CC1CNS(=O)(=O)c1cc([N+](=O)[O-])ccc1Cl. The molecular weight excluding hydrogens is 292 g/mol. The molecule has 0 bridgehead atoms. The molecule has 2 atom stereocenters. The average molecular weight is 305 g/mol. The molecule has 1 saturated carbocycles. The summed E-state index contributed by atoms with van der Waals surface area (Å²) in [6.45, 7) is 2.38. The summed E-state index contributed by atoms with van der Waals surface area (Å²) in [4.78, 5) is 9.75. The average Bonchev–Trinajstić information content (AvgIpc) is 3.03. The third kappa shape index (κ3) is 3.23. The van der Waals surface area contributed by atoms with Gasteiger partial charge < -0.3 is 0 Å². The van der Waals surface area contributed by atoms with Gasteiger partial charge in [0.15, 0.2) is 0 Å². The smallest absolute Gasteiger partial charge is 0.258 e. The number of halogens is 1. The normalized spacial score (nSPS) is 22.2. The zero-order chi connectivity index (χ0) is 14.2. The van der Waals surface area contributed by atoms with E-state index >= 15 is 0 Å². The predicted molar refractivity (Wildman–Crippen MR) is 70.6 cm³/mol. The number of nitrogens with zero attached hydrogens (tertiary/aromatic N) is 1. The fourth-order valence-corrected chi connectivity index (χ4v) is 3.40. The van der Waals surface area contributed by atoms with E-state index in [-0.39, 0.29) is 15.6 Å². The van der Waals surface area contributed by atoms with Gasteiger partial charge in [0.05, 0.1) is 9.95 Å². The Morgan fingerprint density at radius 3 is 2.68 bits per heavy atom. The molecule has 0 radical (unpaired) electrons. The number of rotatable bonds is 5. The Bertz CT molecular complexity index is 617. The van der Waals surface area contributed by atoms with Crippen molar-refractivity contribution in [3.63, 3.8) is 0 Å². The maximum atomic E-state index is 12.0. The molecule has 0 aliphatic heterocycles. The number of nitro groups is 1. The van der Waals surface area contributed by atoms with Gasteiger partial charge >= 0.3 is 0 Å². The van der Waals surface area contributed by atoms with Crippen molar-refractivity contribution in [3.8, 4) is 0 Å². The molecule has 0 aromatic heterocycles. The summed E-state index contributed by atoms with van der Waals surface area (Å²) in [7, 11) is -3.81. The predicted octanol–water partition coefficient (Wildman–Crippen LogP) is 2.18. The van der Waals surface area contributed by atoms with Crippen molar-refractivity contribution in [2.45, 2.75) is 18.2 Å². The second-order valence-electron chi connectivity index (χ2n) is 4.70. The van der Waals surface area contributed by atoms with Gasteiger partial charge in [-0.1, -0.05) is 18.5 Å². The van der Waals surface area contributed by atoms with Crippen molar-refractivity contribution in [3.05, 3.63) is 33.3 Å². The molecule has 0 amide bonds. The van der Waals surface area contributed by atoms with Gasteiger partial charge in [-0.25, -0.2) is 13.1 Å². The van der Waals surface area contributed by atoms with Crippen molar-refractivity contribution in [2.75, 3.05) is 6.54 Å². The molecule has 19 heavy (non-hydrogen) atoms. The summed E-state index contributed by atoms with van der Waals surface area (Å²) in [6.07, 6.45) is 0.991. The summed E-state index contributed by atoms with van der Waals surface area (Å²) in [6, 6.07) is 3.36. The van der Waals surface area contributed by atoms with Crippen molar-refractivity contribution < 1.29 is 13.3 Å². The molecule has 1 aliphatic carbocycles. The van der Waals surface area contributed by atoms with Crippen LogP contribution < -0.4 is 4.72 Å². The molecule has 0 heterocycles. The van der Waals surface area contributed by atoms with E-state index in [1.807, 2.05) is 6.92 Å². The summed E-state index contributed by atoms with van der Waals surface area (Å²) >= 11 is 5.80. The first-order valence-corrected chi connectivity index (χ1v) is 7.61. The second kappa shape index (κ2) is 5.07. The van der Waals surface area contributed by atoms with Crippen molar-refractivity contribution in [1.29, 1.82) is 0 Å². The second-order valence-corrected chi connectivity index (χ2v) is 6.84. The van der Waals surface area contributed by atoms with Crippen molar-refractivity contribution in [2.24, 2.45) is 11.8 Å². The molecule has 1 aromatic carbocycles.